The highest BCUT2D eigenvalue weighted by Gasteiger charge is 2.14. The molecule has 7 heteroatoms. The number of H-pyrrole nitrogens is 1. The summed E-state index contributed by atoms with van der Waals surface area (Å²) >= 11 is 1.45. The number of hydrogen-bond acceptors (Lipinski definition) is 5. The molecule has 3 aromatic rings. The molecule has 3 rings (SSSR count). The minimum absolute atomic E-state index is 0.120. The number of para-hydroxylation sites is 1. The fraction of sp³-hybridized carbons (Fsp3) is 0.375. The van der Waals surface area contributed by atoms with Gasteiger partial charge in [0.05, 0.1) is 17.6 Å². The number of carbonyl (C=O) groups is 1. The van der Waals surface area contributed by atoms with Crippen LogP contribution in [0.3, 0.4) is 0 Å². The van der Waals surface area contributed by atoms with Crippen LogP contribution in [-0.4, -0.2) is 26.3 Å². The van der Waals surface area contributed by atoms with Gasteiger partial charge in [0.2, 0.25) is 11.0 Å². The summed E-state index contributed by atoms with van der Waals surface area (Å²) in [6.45, 7) is 4.28. The number of carbonyl (C=O) groups excluding carboxylic acids is 1. The van der Waals surface area contributed by atoms with Gasteiger partial charge in [-0.05, 0) is 12.5 Å². The van der Waals surface area contributed by atoms with E-state index in [9.17, 15) is 4.79 Å². The zero-order chi connectivity index (χ0) is 16.2. The fourth-order valence-electron chi connectivity index (χ4n) is 2.51. The summed E-state index contributed by atoms with van der Waals surface area (Å²) in [6.07, 6.45) is 2.41. The summed E-state index contributed by atoms with van der Waals surface area (Å²) in [5.74, 6) is 0.255. The van der Waals surface area contributed by atoms with Crippen molar-refractivity contribution < 1.29 is 4.79 Å². The molecule has 1 atom stereocenters. The van der Waals surface area contributed by atoms with Crippen LogP contribution < -0.4 is 5.32 Å². The highest BCUT2D eigenvalue weighted by atomic mass is 32.1. The van der Waals surface area contributed by atoms with E-state index in [2.05, 4.69) is 39.6 Å². The van der Waals surface area contributed by atoms with E-state index in [1.807, 2.05) is 24.3 Å². The maximum atomic E-state index is 12.2. The molecule has 0 radical (unpaired) electrons. The lowest BCUT2D eigenvalue weighted by molar-refractivity contribution is -0.115. The molecule has 0 fully saturated rings. The Balaban J connectivity index is 1.65. The molecule has 1 amide bonds. The van der Waals surface area contributed by atoms with Crippen molar-refractivity contribution >= 4 is 33.3 Å². The second kappa shape index (κ2) is 6.87. The molecule has 0 aliphatic carbocycles. The number of amides is 1. The Kier molecular flexibility index (Phi) is 4.66. The predicted molar refractivity (Wildman–Crippen MR) is 91.7 cm³/mol. The summed E-state index contributed by atoms with van der Waals surface area (Å²) in [7, 11) is 0. The van der Waals surface area contributed by atoms with Crippen molar-refractivity contribution in [1.29, 1.82) is 0 Å². The van der Waals surface area contributed by atoms with Crippen molar-refractivity contribution in [3.63, 3.8) is 0 Å². The minimum Gasteiger partial charge on any atom is -0.300 e. The zero-order valence-electron chi connectivity index (χ0n) is 13.2. The molecule has 6 nitrogen and oxygen atoms in total. The molecule has 2 aromatic heterocycles. The molecule has 0 bridgehead atoms. The van der Waals surface area contributed by atoms with Crippen molar-refractivity contribution in [3.05, 3.63) is 35.0 Å². The van der Waals surface area contributed by atoms with Crippen molar-refractivity contribution in [2.75, 3.05) is 5.32 Å². The monoisotopic (exact) mass is 329 g/mol. The molecular formula is C16H19N5OS. The number of fused-ring (bicyclic) bond motifs is 1. The Labute approximate surface area is 138 Å². The summed E-state index contributed by atoms with van der Waals surface area (Å²) in [5.41, 5.74) is 1.67. The summed E-state index contributed by atoms with van der Waals surface area (Å²) in [6, 6.07) is 7.73. The van der Waals surface area contributed by atoms with E-state index in [0.29, 0.717) is 11.0 Å². The van der Waals surface area contributed by atoms with Crippen LogP contribution in [0, 0.1) is 0 Å². The maximum absolute atomic E-state index is 12.2. The Morgan fingerprint density at radius 2 is 2.17 bits per heavy atom. The van der Waals surface area contributed by atoms with Crippen molar-refractivity contribution in [2.24, 2.45) is 0 Å². The van der Waals surface area contributed by atoms with E-state index in [1.165, 1.54) is 11.3 Å². The molecule has 23 heavy (non-hydrogen) atoms. The lowest BCUT2D eigenvalue weighted by atomic mass is 10.1. The number of benzene rings is 1. The molecule has 1 aromatic carbocycles. The number of nitrogens with one attached hydrogen (secondary N) is 2. The van der Waals surface area contributed by atoms with Crippen molar-refractivity contribution in [1.82, 2.24) is 20.4 Å². The van der Waals surface area contributed by atoms with Gasteiger partial charge in [0.1, 0.15) is 5.01 Å². The third kappa shape index (κ3) is 3.56. The lowest BCUT2D eigenvalue weighted by Gasteiger charge is -2.03. The van der Waals surface area contributed by atoms with Gasteiger partial charge in [-0.15, -0.1) is 10.2 Å². The Bertz CT molecular complexity index is 810. The van der Waals surface area contributed by atoms with Crippen LogP contribution in [0.5, 0.6) is 0 Å². The molecule has 1 unspecified atom stereocenters. The first-order valence-corrected chi connectivity index (χ1v) is 8.54. The van der Waals surface area contributed by atoms with E-state index in [0.717, 1.165) is 34.4 Å². The van der Waals surface area contributed by atoms with E-state index in [-0.39, 0.29) is 12.3 Å². The molecule has 2 heterocycles. The first kappa shape index (κ1) is 15.6. The maximum Gasteiger partial charge on any atom is 0.232 e. The van der Waals surface area contributed by atoms with Gasteiger partial charge in [-0.25, -0.2) is 0 Å². The Hall–Kier alpha value is -2.28. The van der Waals surface area contributed by atoms with Crippen LogP contribution in [-0.2, 0) is 11.2 Å². The largest absolute Gasteiger partial charge is 0.300 e. The van der Waals surface area contributed by atoms with Gasteiger partial charge in [-0.1, -0.05) is 49.8 Å². The molecule has 0 saturated carbocycles. The number of nitrogens with zero attached hydrogens (tertiary/aromatic N) is 3. The molecule has 120 valence electrons. The topological polar surface area (TPSA) is 83.6 Å². The molecule has 2 N–H and O–H groups in total. The molecule has 0 aliphatic heterocycles. The van der Waals surface area contributed by atoms with Gasteiger partial charge in [-0.3, -0.25) is 9.89 Å². The van der Waals surface area contributed by atoms with E-state index in [4.69, 9.17) is 0 Å². The van der Waals surface area contributed by atoms with E-state index >= 15 is 0 Å². The SMILES string of the molecule is CCCC(C)c1nnc(NC(=O)Cc2[nH]nc3ccccc23)s1. The molecule has 0 spiro atoms. The van der Waals surface area contributed by atoms with Crippen LogP contribution in [0.4, 0.5) is 5.13 Å². The van der Waals surface area contributed by atoms with Crippen LogP contribution in [0.25, 0.3) is 10.9 Å². The number of hydrogen-bond donors (Lipinski definition) is 2. The zero-order valence-corrected chi connectivity index (χ0v) is 14.0. The number of aromatic nitrogens is 4. The summed E-state index contributed by atoms with van der Waals surface area (Å²) in [5, 5.41) is 20.7. The van der Waals surface area contributed by atoms with E-state index < -0.39 is 0 Å². The summed E-state index contributed by atoms with van der Waals surface area (Å²) in [4.78, 5) is 12.2. The van der Waals surface area contributed by atoms with Gasteiger partial charge in [-0.2, -0.15) is 5.10 Å². The highest BCUT2D eigenvalue weighted by molar-refractivity contribution is 7.15. The summed E-state index contributed by atoms with van der Waals surface area (Å²) < 4.78 is 0. The van der Waals surface area contributed by atoms with Crippen LogP contribution >= 0.6 is 11.3 Å². The van der Waals surface area contributed by atoms with Gasteiger partial charge in [0, 0.05) is 11.3 Å². The lowest BCUT2D eigenvalue weighted by Crippen LogP contribution is -2.14. The van der Waals surface area contributed by atoms with Crippen molar-refractivity contribution in [2.45, 2.75) is 39.0 Å². The van der Waals surface area contributed by atoms with E-state index in [1.54, 1.807) is 0 Å². The van der Waals surface area contributed by atoms with Crippen LogP contribution in [0.1, 0.15) is 43.3 Å². The standard InChI is InChI=1S/C16H19N5OS/c1-3-6-10(2)15-20-21-16(23-15)17-14(22)9-13-11-7-4-5-8-12(11)18-19-13/h4-5,7-8,10H,3,6,9H2,1-2H3,(H,18,19)(H,17,21,22). The van der Waals surface area contributed by atoms with Gasteiger partial charge in [0.25, 0.3) is 0 Å². The normalized spacial score (nSPS) is 12.4. The second-order valence-electron chi connectivity index (χ2n) is 5.58. The smallest absolute Gasteiger partial charge is 0.232 e. The van der Waals surface area contributed by atoms with Crippen LogP contribution in [0.2, 0.25) is 0 Å². The van der Waals surface area contributed by atoms with Gasteiger partial charge < -0.3 is 5.32 Å². The highest BCUT2D eigenvalue weighted by Crippen LogP contribution is 2.26. The predicted octanol–water partition coefficient (Wildman–Crippen LogP) is 3.50. The van der Waals surface area contributed by atoms with Crippen molar-refractivity contribution in [3.8, 4) is 0 Å². The third-order valence-corrected chi connectivity index (χ3v) is 4.78. The quantitative estimate of drug-likeness (QED) is 0.725. The molecule has 0 saturated heterocycles. The Morgan fingerprint density at radius 3 is 3.00 bits per heavy atom. The minimum atomic E-state index is -0.120. The van der Waals surface area contributed by atoms with Gasteiger partial charge in [0.15, 0.2) is 0 Å². The average molecular weight is 329 g/mol. The van der Waals surface area contributed by atoms with Gasteiger partial charge >= 0.3 is 0 Å². The fourth-order valence-corrected chi connectivity index (χ4v) is 3.36. The molecular weight excluding hydrogens is 310 g/mol. The number of aromatic amines is 1. The van der Waals surface area contributed by atoms with Crippen LogP contribution in [0.15, 0.2) is 24.3 Å². The first-order valence-electron chi connectivity index (χ1n) is 7.72. The second-order valence-corrected chi connectivity index (χ2v) is 6.59. The average Bonchev–Trinajstić information content (AvgIpc) is 3.15. The number of anilines is 1. The molecule has 0 aliphatic rings. The Morgan fingerprint density at radius 1 is 1.35 bits per heavy atom. The first-order chi connectivity index (χ1) is 11.2. The number of rotatable bonds is 6. The third-order valence-electron chi connectivity index (χ3n) is 3.71.